The van der Waals surface area contributed by atoms with E-state index in [1.54, 1.807) is 6.20 Å². The van der Waals surface area contributed by atoms with Gasteiger partial charge in [0, 0.05) is 12.7 Å². The van der Waals surface area contributed by atoms with E-state index in [0.29, 0.717) is 12.5 Å². The fourth-order valence-electron chi connectivity index (χ4n) is 0.727. The lowest BCUT2D eigenvalue weighted by atomic mass is 10.5. The molecule has 0 saturated carbocycles. The van der Waals surface area contributed by atoms with E-state index in [2.05, 4.69) is 26.2 Å². The van der Waals surface area contributed by atoms with Crippen LogP contribution in [0.4, 0.5) is 0 Å². The lowest BCUT2D eigenvalue weighted by molar-refractivity contribution is 0.304. The Labute approximate surface area is 80.3 Å². The van der Waals surface area contributed by atoms with Crippen LogP contribution < -0.4 is 10.1 Å². The summed E-state index contributed by atoms with van der Waals surface area (Å²) in [6, 6.07) is 3.76. The van der Waals surface area contributed by atoms with E-state index in [9.17, 15) is 0 Å². The summed E-state index contributed by atoms with van der Waals surface area (Å²) in [6.45, 7) is 1.45. The first kappa shape index (κ1) is 9.48. The Kier molecular flexibility index (Phi) is 4.04. The van der Waals surface area contributed by atoms with Crippen LogP contribution in [0.15, 0.2) is 22.8 Å². The summed E-state index contributed by atoms with van der Waals surface area (Å²) in [5, 5.41) is 2.99. The van der Waals surface area contributed by atoms with Crippen LogP contribution in [0.3, 0.4) is 0 Å². The molecule has 0 atom stereocenters. The van der Waals surface area contributed by atoms with Crippen LogP contribution in [0.2, 0.25) is 0 Å². The molecule has 3 nitrogen and oxygen atoms in total. The highest BCUT2D eigenvalue weighted by molar-refractivity contribution is 9.10. The van der Waals surface area contributed by atoms with Crippen LogP contribution in [0.1, 0.15) is 0 Å². The first-order valence-electron chi connectivity index (χ1n) is 3.72. The molecule has 0 bridgehead atoms. The van der Waals surface area contributed by atoms with Crippen LogP contribution >= 0.6 is 15.9 Å². The van der Waals surface area contributed by atoms with Gasteiger partial charge in [0.2, 0.25) is 5.88 Å². The average molecular weight is 231 g/mol. The number of rotatable bonds is 4. The second-order valence-electron chi connectivity index (χ2n) is 2.24. The van der Waals surface area contributed by atoms with E-state index in [0.717, 1.165) is 11.0 Å². The standard InChI is InChI=1S/C8H11BrN2O/c1-10-5-6-12-8-7(9)3-2-4-11-8/h2-4,10H,5-6H2,1H3. The summed E-state index contributed by atoms with van der Waals surface area (Å²) in [5.41, 5.74) is 0. The molecule has 1 heterocycles. The first-order chi connectivity index (χ1) is 5.84. The monoisotopic (exact) mass is 230 g/mol. The maximum Gasteiger partial charge on any atom is 0.227 e. The van der Waals surface area contributed by atoms with Crippen LogP contribution in [0, 0.1) is 0 Å². The molecular formula is C8H11BrN2O. The molecule has 1 N–H and O–H groups in total. The normalized spacial score (nSPS) is 9.83. The molecule has 1 aromatic heterocycles. The Bertz CT molecular complexity index is 242. The fourth-order valence-corrected chi connectivity index (χ4v) is 1.10. The summed E-state index contributed by atoms with van der Waals surface area (Å²) < 4.78 is 6.25. The maximum atomic E-state index is 5.36. The number of hydrogen-bond donors (Lipinski definition) is 1. The molecule has 0 aromatic carbocycles. The third-order valence-corrected chi connectivity index (χ3v) is 1.92. The zero-order valence-corrected chi connectivity index (χ0v) is 8.47. The number of nitrogens with one attached hydrogen (secondary N) is 1. The second-order valence-corrected chi connectivity index (χ2v) is 3.10. The molecule has 1 rings (SSSR count). The lowest BCUT2D eigenvalue weighted by Crippen LogP contribution is -2.16. The maximum absolute atomic E-state index is 5.36. The molecule has 0 amide bonds. The molecular weight excluding hydrogens is 220 g/mol. The third kappa shape index (κ3) is 2.79. The highest BCUT2D eigenvalue weighted by Crippen LogP contribution is 2.20. The predicted octanol–water partition coefficient (Wildman–Crippen LogP) is 1.44. The average Bonchev–Trinajstić information content (AvgIpc) is 2.09. The van der Waals surface area contributed by atoms with Crippen molar-refractivity contribution in [3.8, 4) is 5.88 Å². The second kappa shape index (κ2) is 5.11. The van der Waals surface area contributed by atoms with Gasteiger partial charge in [-0.1, -0.05) is 0 Å². The topological polar surface area (TPSA) is 34.1 Å². The number of halogens is 1. The van der Waals surface area contributed by atoms with Gasteiger partial charge in [-0.25, -0.2) is 4.98 Å². The van der Waals surface area contributed by atoms with E-state index in [1.807, 2.05) is 19.2 Å². The Balaban J connectivity index is 2.46. The van der Waals surface area contributed by atoms with E-state index < -0.39 is 0 Å². The van der Waals surface area contributed by atoms with Gasteiger partial charge in [-0.3, -0.25) is 0 Å². The van der Waals surface area contributed by atoms with Gasteiger partial charge in [0.1, 0.15) is 6.61 Å². The SMILES string of the molecule is CNCCOc1ncccc1Br. The molecule has 4 heteroatoms. The van der Waals surface area contributed by atoms with Crippen molar-refractivity contribution in [2.24, 2.45) is 0 Å². The Morgan fingerprint density at radius 1 is 1.67 bits per heavy atom. The van der Waals surface area contributed by atoms with Crippen molar-refractivity contribution in [2.75, 3.05) is 20.2 Å². The molecule has 0 radical (unpaired) electrons. The summed E-state index contributed by atoms with van der Waals surface area (Å²) in [7, 11) is 1.89. The summed E-state index contributed by atoms with van der Waals surface area (Å²) in [4.78, 5) is 4.05. The van der Waals surface area contributed by atoms with Crippen molar-refractivity contribution in [1.29, 1.82) is 0 Å². The van der Waals surface area contributed by atoms with Crippen molar-refractivity contribution in [3.63, 3.8) is 0 Å². The summed E-state index contributed by atoms with van der Waals surface area (Å²) in [5.74, 6) is 0.646. The molecule has 66 valence electrons. The van der Waals surface area contributed by atoms with Gasteiger partial charge in [-0.15, -0.1) is 0 Å². The smallest absolute Gasteiger partial charge is 0.227 e. The quantitative estimate of drug-likeness (QED) is 0.796. The van der Waals surface area contributed by atoms with Crippen molar-refractivity contribution in [3.05, 3.63) is 22.8 Å². The van der Waals surface area contributed by atoms with Gasteiger partial charge in [-0.2, -0.15) is 0 Å². The Morgan fingerprint density at radius 2 is 2.50 bits per heavy atom. The Hall–Kier alpha value is -0.610. The summed E-state index contributed by atoms with van der Waals surface area (Å²) >= 11 is 3.34. The molecule has 0 fully saturated rings. The zero-order chi connectivity index (χ0) is 8.81. The number of likely N-dealkylation sites (N-methyl/N-ethyl adjacent to an activating group) is 1. The van der Waals surface area contributed by atoms with Gasteiger partial charge in [-0.05, 0) is 35.1 Å². The van der Waals surface area contributed by atoms with Crippen molar-refractivity contribution >= 4 is 15.9 Å². The molecule has 0 saturated heterocycles. The molecule has 0 aliphatic carbocycles. The van der Waals surface area contributed by atoms with E-state index in [4.69, 9.17) is 4.74 Å². The first-order valence-corrected chi connectivity index (χ1v) is 4.52. The van der Waals surface area contributed by atoms with Crippen molar-refractivity contribution in [1.82, 2.24) is 10.3 Å². The number of pyridine rings is 1. The number of ether oxygens (including phenoxy) is 1. The van der Waals surface area contributed by atoms with Crippen LogP contribution in [-0.4, -0.2) is 25.2 Å². The minimum Gasteiger partial charge on any atom is -0.476 e. The van der Waals surface area contributed by atoms with Crippen LogP contribution in [0.25, 0.3) is 0 Å². The fraction of sp³-hybridized carbons (Fsp3) is 0.375. The molecule has 0 aliphatic rings. The molecule has 0 aliphatic heterocycles. The Morgan fingerprint density at radius 3 is 3.17 bits per heavy atom. The molecule has 12 heavy (non-hydrogen) atoms. The van der Waals surface area contributed by atoms with Gasteiger partial charge in [0.15, 0.2) is 0 Å². The van der Waals surface area contributed by atoms with Crippen molar-refractivity contribution in [2.45, 2.75) is 0 Å². The van der Waals surface area contributed by atoms with Gasteiger partial charge < -0.3 is 10.1 Å². The van der Waals surface area contributed by atoms with Crippen LogP contribution in [-0.2, 0) is 0 Å². The molecule has 1 aromatic rings. The van der Waals surface area contributed by atoms with Crippen LogP contribution in [0.5, 0.6) is 5.88 Å². The zero-order valence-electron chi connectivity index (χ0n) is 6.88. The largest absolute Gasteiger partial charge is 0.476 e. The highest BCUT2D eigenvalue weighted by atomic mass is 79.9. The lowest BCUT2D eigenvalue weighted by Gasteiger charge is -2.05. The van der Waals surface area contributed by atoms with Gasteiger partial charge >= 0.3 is 0 Å². The van der Waals surface area contributed by atoms with Gasteiger partial charge in [0.25, 0.3) is 0 Å². The number of hydrogen-bond acceptors (Lipinski definition) is 3. The van der Waals surface area contributed by atoms with E-state index in [-0.39, 0.29) is 0 Å². The van der Waals surface area contributed by atoms with Crippen molar-refractivity contribution < 1.29 is 4.74 Å². The minimum absolute atomic E-state index is 0.631. The minimum atomic E-state index is 0.631. The van der Waals surface area contributed by atoms with E-state index in [1.165, 1.54) is 0 Å². The number of aromatic nitrogens is 1. The molecule has 0 unspecified atom stereocenters. The highest BCUT2D eigenvalue weighted by Gasteiger charge is 1.98. The number of nitrogens with zero attached hydrogens (tertiary/aromatic N) is 1. The predicted molar refractivity (Wildman–Crippen MR) is 51.4 cm³/mol. The molecule has 0 spiro atoms. The van der Waals surface area contributed by atoms with Gasteiger partial charge in [0.05, 0.1) is 4.47 Å². The third-order valence-electron chi connectivity index (χ3n) is 1.32. The summed E-state index contributed by atoms with van der Waals surface area (Å²) in [6.07, 6.45) is 1.71. The van der Waals surface area contributed by atoms with E-state index >= 15 is 0 Å².